The Kier molecular flexibility index (Phi) is 5.07. The minimum absolute atomic E-state index is 0.330. The fourth-order valence-electron chi connectivity index (χ4n) is 1.21. The molecule has 0 aliphatic carbocycles. The molecule has 3 heteroatoms. The molecular weight excluding hydrogens is 268 g/mol. The Labute approximate surface area is 104 Å². The summed E-state index contributed by atoms with van der Waals surface area (Å²) in [6.45, 7) is 1.97. The van der Waals surface area contributed by atoms with Gasteiger partial charge in [-0.05, 0) is 24.6 Å². The molecule has 0 radical (unpaired) electrons. The van der Waals surface area contributed by atoms with Gasteiger partial charge in [-0.3, -0.25) is 0 Å². The van der Waals surface area contributed by atoms with Crippen molar-refractivity contribution in [1.82, 2.24) is 0 Å². The number of benzene rings is 1. The van der Waals surface area contributed by atoms with Crippen LogP contribution in [0.25, 0.3) is 0 Å². The van der Waals surface area contributed by atoms with E-state index in [4.69, 9.17) is 0 Å². The van der Waals surface area contributed by atoms with Crippen molar-refractivity contribution in [2.45, 2.75) is 13.3 Å². The Bertz CT molecular complexity index is 441. The highest BCUT2D eigenvalue weighted by Crippen LogP contribution is 2.11. The normalized spacial score (nSPS) is 9.19. The van der Waals surface area contributed by atoms with E-state index in [1.807, 2.05) is 13.0 Å². The fraction of sp³-hybridized carbons (Fsp3) is 0.308. The van der Waals surface area contributed by atoms with Crippen molar-refractivity contribution in [2.75, 3.05) is 12.4 Å². The predicted octanol–water partition coefficient (Wildman–Crippen LogP) is 2.92. The monoisotopic (exact) mass is 280 g/mol. The number of rotatable bonds is 2. The minimum atomic E-state index is -0.330. The second kappa shape index (κ2) is 6.34. The predicted molar refractivity (Wildman–Crippen MR) is 67.8 cm³/mol. The molecule has 1 rings (SSSR count). The molecule has 0 saturated heterocycles. The molecule has 0 bridgehead atoms. The van der Waals surface area contributed by atoms with E-state index in [2.05, 4.69) is 32.5 Å². The van der Waals surface area contributed by atoms with E-state index in [9.17, 15) is 4.79 Å². The average Bonchev–Trinajstić information content (AvgIpc) is 2.31. The largest absolute Gasteiger partial charge is 0.465 e. The lowest BCUT2D eigenvalue weighted by molar-refractivity contribution is 0.0600. The zero-order valence-corrected chi connectivity index (χ0v) is 10.9. The first-order valence-electron chi connectivity index (χ1n) is 4.93. The van der Waals surface area contributed by atoms with Crippen LogP contribution in [0.2, 0.25) is 0 Å². The molecule has 0 fully saturated rings. The number of hydrogen-bond acceptors (Lipinski definition) is 2. The zero-order chi connectivity index (χ0) is 12.0. The van der Waals surface area contributed by atoms with E-state index >= 15 is 0 Å². The summed E-state index contributed by atoms with van der Waals surface area (Å²) >= 11 is 3.31. The van der Waals surface area contributed by atoms with Crippen LogP contribution >= 0.6 is 15.9 Å². The Morgan fingerprint density at radius 1 is 1.50 bits per heavy atom. The number of carbonyl (C=O) groups is 1. The number of halogens is 1. The molecule has 0 saturated carbocycles. The quantitative estimate of drug-likeness (QED) is 0.473. The van der Waals surface area contributed by atoms with Crippen LogP contribution in [-0.4, -0.2) is 18.4 Å². The number of methoxy groups -OCH3 is 1. The minimum Gasteiger partial charge on any atom is -0.465 e. The van der Waals surface area contributed by atoms with Gasteiger partial charge in [-0.2, -0.15) is 0 Å². The summed E-state index contributed by atoms with van der Waals surface area (Å²) in [5, 5.41) is 0.857. The van der Waals surface area contributed by atoms with Crippen LogP contribution in [0.3, 0.4) is 0 Å². The maximum absolute atomic E-state index is 11.3. The standard InChI is InChI=1S/C13H13BrO2/c1-10-6-7-12(13(15)16-2)9-11(10)5-3-4-8-14/h6-7,9H,4,8H2,1-2H3. The smallest absolute Gasteiger partial charge is 0.337 e. The number of hydrogen-bond donors (Lipinski definition) is 0. The first-order valence-corrected chi connectivity index (χ1v) is 6.05. The summed E-state index contributed by atoms with van der Waals surface area (Å²) in [6.07, 6.45) is 0.794. The highest BCUT2D eigenvalue weighted by atomic mass is 79.9. The molecular formula is C13H13BrO2. The van der Waals surface area contributed by atoms with Crippen molar-refractivity contribution in [3.05, 3.63) is 34.9 Å². The zero-order valence-electron chi connectivity index (χ0n) is 9.34. The number of ether oxygens (including phenoxy) is 1. The maximum Gasteiger partial charge on any atom is 0.337 e. The third-order valence-electron chi connectivity index (χ3n) is 2.10. The second-order valence-electron chi connectivity index (χ2n) is 3.26. The van der Waals surface area contributed by atoms with Gasteiger partial charge in [-0.25, -0.2) is 4.79 Å². The Morgan fingerprint density at radius 2 is 2.25 bits per heavy atom. The Balaban J connectivity index is 3.01. The fourth-order valence-corrected chi connectivity index (χ4v) is 1.40. The third kappa shape index (κ3) is 3.39. The van der Waals surface area contributed by atoms with Crippen LogP contribution in [0.5, 0.6) is 0 Å². The molecule has 0 amide bonds. The summed E-state index contributed by atoms with van der Waals surface area (Å²) < 4.78 is 4.66. The molecule has 84 valence electrons. The number of alkyl halides is 1. The van der Waals surface area contributed by atoms with Crippen molar-refractivity contribution in [2.24, 2.45) is 0 Å². The van der Waals surface area contributed by atoms with E-state index in [0.717, 1.165) is 22.9 Å². The summed E-state index contributed by atoms with van der Waals surface area (Å²) in [7, 11) is 1.37. The summed E-state index contributed by atoms with van der Waals surface area (Å²) in [6, 6.07) is 5.39. The molecule has 1 aromatic carbocycles. The maximum atomic E-state index is 11.3. The van der Waals surface area contributed by atoms with Gasteiger partial charge in [0.15, 0.2) is 0 Å². The summed E-state index contributed by atoms with van der Waals surface area (Å²) in [4.78, 5) is 11.3. The van der Waals surface area contributed by atoms with Gasteiger partial charge >= 0.3 is 5.97 Å². The van der Waals surface area contributed by atoms with Gasteiger partial charge in [0, 0.05) is 17.3 Å². The van der Waals surface area contributed by atoms with Crippen molar-refractivity contribution in [3.63, 3.8) is 0 Å². The molecule has 0 atom stereocenters. The molecule has 2 nitrogen and oxygen atoms in total. The molecule has 0 aliphatic heterocycles. The van der Waals surface area contributed by atoms with Gasteiger partial charge in [0.05, 0.1) is 12.7 Å². The lowest BCUT2D eigenvalue weighted by atomic mass is 10.1. The number of aryl methyl sites for hydroxylation is 1. The van der Waals surface area contributed by atoms with Gasteiger partial charge < -0.3 is 4.74 Å². The molecule has 0 N–H and O–H groups in total. The first-order chi connectivity index (χ1) is 7.69. The van der Waals surface area contributed by atoms with Crippen molar-refractivity contribution in [1.29, 1.82) is 0 Å². The molecule has 0 aromatic heterocycles. The van der Waals surface area contributed by atoms with E-state index in [0.29, 0.717) is 5.56 Å². The van der Waals surface area contributed by atoms with Crippen molar-refractivity contribution >= 4 is 21.9 Å². The van der Waals surface area contributed by atoms with E-state index in [-0.39, 0.29) is 5.97 Å². The first kappa shape index (κ1) is 12.8. The molecule has 0 spiro atoms. The number of carbonyl (C=O) groups excluding carboxylic acids is 1. The van der Waals surface area contributed by atoms with Crippen LogP contribution in [0, 0.1) is 18.8 Å². The van der Waals surface area contributed by atoms with Crippen LogP contribution in [-0.2, 0) is 4.74 Å². The third-order valence-corrected chi connectivity index (χ3v) is 2.50. The van der Waals surface area contributed by atoms with Crippen LogP contribution in [0.15, 0.2) is 18.2 Å². The van der Waals surface area contributed by atoms with Gasteiger partial charge in [0.2, 0.25) is 0 Å². The molecule has 0 aliphatic rings. The highest BCUT2D eigenvalue weighted by molar-refractivity contribution is 9.09. The Hall–Kier alpha value is -1.27. The lowest BCUT2D eigenvalue weighted by Gasteiger charge is -2.02. The van der Waals surface area contributed by atoms with Crippen molar-refractivity contribution < 1.29 is 9.53 Å². The summed E-state index contributed by atoms with van der Waals surface area (Å²) in [5.41, 5.74) is 2.48. The van der Waals surface area contributed by atoms with Crippen LogP contribution < -0.4 is 0 Å². The topological polar surface area (TPSA) is 26.3 Å². The van der Waals surface area contributed by atoms with Crippen molar-refractivity contribution in [3.8, 4) is 11.8 Å². The number of esters is 1. The molecule has 0 heterocycles. The average molecular weight is 281 g/mol. The van der Waals surface area contributed by atoms with Gasteiger partial charge in [-0.15, -0.1) is 0 Å². The van der Waals surface area contributed by atoms with Crippen LogP contribution in [0.4, 0.5) is 0 Å². The summed E-state index contributed by atoms with van der Waals surface area (Å²) in [5.74, 6) is 5.74. The second-order valence-corrected chi connectivity index (χ2v) is 4.06. The van der Waals surface area contributed by atoms with Gasteiger partial charge in [-0.1, -0.05) is 33.8 Å². The Morgan fingerprint density at radius 3 is 2.88 bits per heavy atom. The van der Waals surface area contributed by atoms with Crippen LogP contribution in [0.1, 0.15) is 27.9 Å². The van der Waals surface area contributed by atoms with E-state index in [1.54, 1.807) is 12.1 Å². The van der Waals surface area contributed by atoms with E-state index in [1.165, 1.54) is 7.11 Å². The van der Waals surface area contributed by atoms with Gasteiger partial charge in [0.1, 0.15) is 0 Å². The van der Waals surface area contributed by atoms with E-state index < -0.39 is 0 Å². The SMILES string of the molecule is COC(=O)c1ccc(C)c(C#CCCBr)c1. The van der Waals surface area contributed by atoms with Gasteiger partial charge in [0.25, 0.3) is 0 Å². The molecule has 1 aromatic rings. The molecule has 0 unspecified atom stereocenters. The lowest BCUT2D eigenvalue weighted by Crippen LogP contribution is -2.01. The molecule has 16 heavy (non-hydrogen) atoms. The highest BCUT2D eigenvalue weighted by Gasteiger charge is 2.06.